The number of carbonyl (C=O) groups is 2. The van der Waals surface area contributed by atoms with Crippen molar-refractivity contribution in [2.75, 3.05) is 7.11 Å². The summed E-state index contributed by atoms with van der Waals surface area (Å²) in [4.78, 5) is 23.7. The summed E-state index contributed by atoms with van der Waals surface area (Å²) in [5.41, 5.74) is 4.54. The first kappa shape index (κ1) is 20.9. The standard InChI is InChI=1S/C22H30O3/c1-16(2)8-6-9-17(3)10-7-11-18(4)12-13-19-14-21(24)22(25-5)15-20(19)23/h8,10,12,14-15H,6-7,9,11,13H2,1-5H3. The van der Waals surface area contributed by atoms with Crippen molar-refractivity contribution in [1.82, 2.24) is 0 Å². The van der Waals surface area contributed by atoms with Crippen LogP contribution in [0, 0.1) is 0 Å². The summed E-state index contributed by atoms with van der Waals surface area (Å²) in [7, 11) is 1.40. The highest BCUT2D eigenvalue weighted by molar-refractivity contribution is 6.19. The SMILES string of the molecule is COC1=CC(=O)C(CC=C(C)CCC=C(C)CCC=C(C)C)=CC1=O. The van der Waals surface area contributed by atoms with E-state index in [0.29, 0.717) is 12.0 Å². The summed E-state index contributed by atoms with van der Waals surface area (Å²) >= 11 is 0. The fourth-order valence-electron chi connectivity index (χ4n) is 2.53. The van der Waals surface area contributed by atoms with Gasteiger partial charge in [0.1, 0.15) is 0 Å². The first-order valence-electron chi connectivity index (χ1n) is 8.83. The maximum atomic E-state index is 12.0. The molecule has 0 bridgehead atoms. The number of ether oxygens (including phenoxy) is 1. The van der Waals surface area contributed by atoms with E-state index in [9.17, 15) is 9.59 Å². The molecule has 0 heterocycles. The molecule has 0 amide bonds. The Morgan fingerprint density at radius 1 is 0.880 bits per heavy atom. The van der Waals surface area contributed by atoms with Gasteiger partial charge in [-0.25, -0.2) is 0 Å². The lowest BCUT2D eigenvalue weighted by molar-refractivity contribution is -0.117. The summed E-state index contributed by atoms with van der Waals surface area (Å²) < 4.78 is 4.88. The third-order valence-corrected chi connectivity index (χ3v) is 4.14. The summed E-state index contributed by atoms with van der Waals surface area (Å²) in [6.07, 6.45) is 13.9. The van der Waals surface area contributed by atoms with Gasteiger partial charge in [-0.05, 0) is 65.9 Å². The summed E-state index contributed by atoms with van der Waals surface area (Å²) in [6.45, 7) is 8.49. The quantitative estimate of drug-likeness (QED) is 0.416. The number of hydrogen-bond acceptors (Lipinski definition) is 3. The lowest BCUT2D eigenvalue weighted by atomic mass is 9.97. The fraction of sp³-hybridized carbons (Fsp3) is 0.455. The first-order valence-corrected chi connectivity index (χ1v) is 8.83. The molecule has 0 N–H and O–H groups in total. The maximum Gasteiger partial charge on any atom is 0.220 e. The lowest BCUT2D eigenvalue weighted by Crippen LogP contribution is -2.13. The number of rotatable bonds is 9. The van der Waals surface area contributed by atoms with E-state index in [1.54, 1.807) is 0 Å². The van der Waals surface area contributed by atoms with Crippen molar-refractivity contribution in [3.63, 3.8) is 0 Å². The van der Waals surface area contributed by atoms with Crippen molar-refractivity contribution in [3.05, 3.63) is 58.4 Å². The average Bonchev–Trinajstić information content (AvgIpc) is 2.54. The number of allylic oxidation sites excluding steroid dienone is 9. The zero-order valence-electron chi connectivity index (χ0n) is 16.1. The molecular weight excluding hydrogens is 312 g/mol. The van der Waals surface area contributed by atoms with E-state index in [-0.39, 0.29) is 17.3 Å². The van der Waals surface area contributed by atoms with Gasteiger partial charge in [-0.15, -0.1) is 0 Å². The molecule has 0 fully saturated rings. The van der Waals surface area contributed by atoms with Crippen molar-refractivity contribution in [2.24, 2.45) is 0 Å². The molecular formula is C22H30O3. The molecule has 25 heavy (non-hydrogen) atoms. The third-order valence-electron chi connectivity index (χ3n) is 4.14. The highest BCUT2D eigenvalue weighted by atomic mass is 16.5. The van der Waals surface area contributed by atoms with Gasteiger partial charge < -0.3 is 4.74 Å². The van der Waals surface area contributed by atoms with Crippen LogP contribution in [0.15, 0.2) is 58.4 Å². The van der Waals surface area contributed by atoms with Crippen LogP contribution in [0.1, 0.15) is 59.8 Å². The van der Waals surface area contributed by atoms with Crippen LogP contribution in [0.5, 0.6) is 0 Å². The summed E-state index contributed by atoms with van der Waals surface area (Å²) in [5, 5.41) is 0. The molecule has 0 saturated heterocycles. The van der Waals surface area contributed by atoms with Crippen LogP contribution in [-0.2, 0) is 14.3 Å². The fourth-order valence-corrected chi connectivity index (χ4v) is 2.53. The van der Waals surface area contributed by atoms with Gasteiger partial charge in [-0.2, -0.15) is 0 Å². The van der Waals surface area contributed by atoms with Gasteiger partial charge >= 0.3 is 0 Å². The Bertz CT molecular complexity index is 651. The van der Waals surface area contributed by atoms with E-state index in [1.807, 2.05) is 6.08 Å². The first-order chi connectivity index (χ1) is 11.8. The monoisotopic (exact) mass is 342 g/mol. The van der Waals surface area contributed by atoms with Crippen molar-refractivity contribution in [1.29, 1.82) is 0 Å². The van der Waals surface area contributed by atoms with Gasteiger partial charge in [0.05, 0.1) is 7.11 Å². The molecule has 3 heteroatoms. The van der Waals surface area contributed by atoms with E-state index in [4.69, 9.17) is 4.74 Å². The van der Waals surface area contributed by atoms with E-state index < -0.39 is 0 Å². The van der Waals surface area contributed by atoms with E-state index >= 15 is 0 Å². The van der Waals surface area contributed by atoms with Crippen LogP contribution >= 0.6 is 0 Å². The summed E-state index contributed by atoms with van der Waals surface area (Å²) in [5.74, 6) is -0.267. The molecule has 0 aromatic carbocycles. The van der Waals surface area contributed by atoms with Crippen LogP contribution < -0.4 is 0 Å². The van der Waals surface area contributed by atoms with Crippen molar-refractivity contribution in [3.8, 4) is 0 Å². The smallest absolute Gasteiger partial charge is 0.220 e. The third kappa shape index (κ3) is 7.97. The van der Waals surface area contributed by atoms with Crippen LogP contribution in [0.25, 0.3) is 0 Å². The zero-order chi connectivity index (χ0) is 18.8. The van der Waals surface area contributed by atoms with E-state index in [2.05, 4.69) is 39.8 Å². The highest BCUT2D eigenvalue weighted by Crippen LogP contribution is 2.18. The predicted molar refractivity (Wildman–Crippen MR) is 103 cm³/mol. The number of carbonyl (C=O) groups excluding carboxylic acids is 2. The maximum absolute atomic E-state index is 12.0. The molecule has 0 saturated carbocycles. The molecule has 0 aromatic rings. The van der Waals surface area contributed by atoms with E-state index in [0.717, 1.165) is 25.7 Å². The largest absolute Gasteiger partial charge is 0.493 e. The number of ketones is 2. The average molecular weight is 342 g/mol. The van der Waals surface area contributed by atoms with Crippen LogP contribution in [0.4, 0.5) is 0 Å². The van der Waals surface area contributed by atoms with Gasteiger partial charge in [0, 0.05) is 11.6 Å². The van der Waals surface area contributed by atoms with Gasteiger partial charge in [-0.3, -0.25) is 9.59 Å². The van der Waals surface area contributed by atoms with Crippen LogP contribution in [-0.4, -0.2) is 18.7 Å². The van der Waals surface area contributed by atoms with Gasteiger partial charge in [-0.1, -0.05) is 34.9 Å². The summed E-state index contributed by atoms with van der Waals surface area (Å²) in [6, 6.07) is 0. The normalized spacial score (nSPS) is 15.7. The molecule has 1 aliphatic carbocycles. The Hall–Kier alpha value is -2.16. The Labute approximate surface area is 151 Å². The van der Waals surface area contributed by atoms with Gasteiger partial charge in [0.2, 0.25) is 5.78 Å². The second kappa shape index (κ2) is 10.7. The Balaban J connectivity index is 2.45. The van der Waals surface area contributed by atoms with Crippen molar-refractivity contribution in [2.45, 2.75) is 59.8 Å². The highest BCUT2D eigenvalue weighted by Gasteiger charge is 2.19. The molecule has 3 nitrogen and oxygen atoms in total. The Morgan fingerprint density at radius 2 is 1.48 bits per heavy atom. The van der Waals surface area contributed by atoms with Crippen molar-refractivity contribution >= 4 is 11.6 Å². The molecule has 1 aliphatic rings. The molecule has 0 aliphatic heterocycles. The Morgan fingerprint density at radius 3 is 2.08 bits per heavy atom. The second-order valence-electron chi connectivity index (χ2n) is 6.77. The number of hydrogen-bond donors (Lipinski definition) is 0. The molecule has 0 unspecified atom stereocenters. The lowest BCUT2D eigenvalue weighted by Gasteiger charge is -2.10. The predicted octanol–water partition coefficient (Wildman–Crippen LogP) is 5.40. The van der Waals surface area contributed by atoms with Gasteiger partial charge in [0.25, 0.3) is 0 Å². The molecule has 1 rings (SSSR count). The Kier molecular flexibility index (Phi) is 8.90. The van der Waals surface area contributed by atoms with Crippen LogP contribution in [0.2, 0.25) is 0 Å². The van der Waals surface area contributed by atoms with Crippen LogP contribution in [0.3, 0.4) is 0 Å². The zero-order valence-corrected chi connectivity index (χ0v) is 16.1. The second-order valence-corrected chi connectivity index (χ2v) is 6.77. The minimum absolute atomic E-state index is 0.114. The molecule has 0 radical (unpaired) electrons. The van der Waals surface area contributed by atoms with Gasteiger partial charge in [0.15, 0.2) is 11.5 Å². The molecule has 0 aromatic heterocycles. The minimum Gasteiger partial charge on any atom is -0.493 e. The molecule has 136 valence electrons. The van der Waals surface area contributed by atoms with E-state index in [1.165, 1.54) is 36.0 Å². The van der Waals surface area contributed by atoms with Crippen molar-refractivity contribution < 1.29 is 14.3 Å². The topological polar surface area (TPSA) is 43.4 Å². The minimum atomic E-state index is -0.238. The molecule has 0 spiro atoms. The number of methoxy groups -OCH3 is 1. The molecule has 0 atom stereocenters.